The second-order valence-corrected chi connectivity index (χ2v) is 3.46. The highest BCUT2D eigenvalue weighted by Crippen LogP contribution is 2.10. The van der Waals surface area contributed by atoms with Gasteiger partial charge in [0.25, 0.3) is 5.91 Å². The molecule has 0 atom stereocenters. The summed E-state index contributed by atoms with van der Waals surface area (Å²) in [5.74, 6) is 0.480. The number of rotatable bonds is 7. The molecule has 0 fully saturated rings. The van der Waals surface area contributed by atoms with E-state index in [4.69, 9.17) is 4.74 Å². The summed E-state index contributed by atoms with van der Waals surface area (Å²) >= 11 is 0. The van der Waals surface area contributed by atoms with Crippen LogP contribution >= 0.6 is 0 Å². The highest BCUT2D eigenvalue weighted by molar-refractivity contribution is 5.98. The lowest BCUT2D eigenvalue weighted by Crippen LogP contribution is -2.20. The third-order valence-corrected chi connectivity index (χ3v) is 2.24. The van der Waals surface area contributed by atoms with Gasteiger partial charge in [0, 0.05) is 33.0 Å². The maximum absolute atomic E-state index is 11.6. The Morgan fingerprint density at radius 3 is 3.06 bits per heavy atom. The molecule has 0 saturated heterocycles. The molecular formula is C12H19N3O2. The Bertz CT molecular complexity index is 355. The van der Waals surface area contributed by atoms with E-state index in [1.54, 1.807) is 25.4 Å². The van der Waals surface area contributed by atoms with Gasteiger partial charge in [0.1, 0.15) is 5.82 Å². The summed E-state index contributed by atoms with van der Waals surface area (Å²) in [6.45, 7) is 4.15. The first-order valence-corrected chi connectivity index (χ1v) is 5.78. The average molecular weight is 237 g/mol. The number of hydrogen-bond acceptors (Lipinski definition) is 4. The highest BCUT2D eigenvalue weighted by atomic mass is 16.5. The Kier molecular flexibility index (Phi) is 6.03. The molecule has 1 amide bonds. The lowest BCUT2D eigenvalue weighted by Gasteiger charge is -2.09. The van der Waals surface area contributed by atoms with Crippen LogP contribution in [0.1, 0.15) is 23.7 Å². The standard InChI is InChI=1S/C12H19N3O2/c1-3-17-9-5-8-15-11-10(12(16)13-2)6-4-7-14-11/h4,6-7H,3,5,8-9H2,1-2H3,(H,13,16)(H,14,15). The monoisotopic (exact) mass is 237 g/mol. The van der Waals surface area contributed by atoms with Gasteiger partial charge >= 0.3 is 0 Å². The number of nitrogens with zero attached hydrogens (tertiary/aromatic N) is 1. The van der Waals surface area contributed by atoms with Crippen LogP contribution in [-0.2, 0) is 4.74 Å². The molecule has 0 bridgehead atoms. The fourth-order valence-electron chi connectivity index (χ4n) is 1.39. The van der Waals surface area contributed by atoms with E-state index in [1.807, 2.05) is 6.92 Å². The van der Waals surface area contributed by atoms with Gasteiger partial charge in [-0.05, 0) is 25.5 Å². The Hall–Kier alpha value is -1.62. The zero-order valence-corrected chi connectivity index (χ0v) is 10.3. The summed E-state index contributed by atoms with van der Waals surface area (Å²) in [7, 11) is 1.61. The summed E-state index contributed by atoms with van der Waals surface area (Å²) in [6.07, 6.45) is 2.55. The first-order valence-electron chi connectivity index (χ1n) is 5.78. The minimum absolute atomic E-state index is 0.134. The zero-order chi connectivity index (χ0) is 12.5. The lowest BCUT2D eigenvalue weighted by molar-refractivity contribution is 0.0963. The van der Waals surface area contributed by atoms with Crippen molar-refractivity contribution in [2.75, 3.05) is 32.1 Å². The van der Waals surface area contributed by atoms with Crippen LogP contribution in [0.3, 0.4) is 0 Å². The number of amides is 1. The van der Waals surface area contributed by atoms with E-state index >= 15 is 0 Å². The molecule has 17 heavy (non-hydrogen) atoms. The number of hydrogen-bond donors (Lipinski definition) is 2. The molecule has 0 aliphatic rings. The number of carbonyl (C=O) groups excluding carboxylic acids is 1. The number of carbonyl (C=O) groups is 1. The molecule has 0 aliphatic heterocycles. The van der Waals surface area contributed by atoms with Crippen molar-refractivity contribution in [1.29, 1.82) is 0 Å². The molecule has 0 aromatic carbocycles. The molecule has 1 rings (SSSR count). The summed E-state index contributed by atoms with van der Waals surface area (Å²) < 4.78 is 5.23. The maximum atomic E-state index is 11.6. The molecule has 0 aliphatic carbocycles. The molecule has 1 aromatic rings. The van der Waals surface area contributed by atoms with Gasteiger partial charge in [-0.25, -0.2) is 4.98 Å². The molecule has 0 radical (unpaired) electrons. The van der Waals surface area contributed by atoms with E-state index in [-0.39, 0.29) is 5.91 Å². The summed E-state index contributed by atoms with van der Waals surface area (Å²) in [6, 6.07) is 3.49. The van der Waals surface area contributed by atoms with Crippen LogP contribution in [0.15, 0.2) is 18.3 Å². The van der Waals surface area contributed by atoms with Crippen molar-refractivity contribution >= 4 is 11.7 Å². The number of nitrogens with one attached hydrogen (secondary N) is 2. The SMILES string of the molecule is CCOCCCNc1ncccc1C(=O)NC. The van der Waals surface area contributed by atoms with Gasteiger partial charge in [0.05, 0.1) is 5.56 Å². The maximum Gasteiger partial charge on any atom is 0.254 e. The molecule has 0 saturated carbocycles. The van der Waals surface area contributed by atoms with Crippen molar-refractivity contribution in [3.63, 3.8) is 0 Å². The minimum atomic E-state index is -0.134. The molecule has 1 aromatic heterocycles. The third kappa shape index (κ3) is 4.40. The van der Waals surface area contributed by atoms with Crippen molar-refractivity contribution < 1.29 is 9.53 Å². The second kappa shape index (κ2) is 7.62. The van der Waals surface area contributed by atoms with E-state index in [2.05, 4.69) is 15.6 Å². The van der Waals surface area contributed by atoms with Crippen molar-refractivity contribution in [2.45, 2.75) is 13.3 Å². The van der Waals surface area contributed by atoms with E-state index in [0.717, 1.165) is 19.6 Å². The normalized spacial score (nSPS) is 10.0. The van der Waals surface area contributed by atoms with Crippen LogP contribution < -0.4 is 10.6 Å². The van der Waals surface area contributed by atoms with Crippen LogP contribution in [0, 0.1) is 0 Å². The third-order valence-electron chi connectivity index (χ3n) is 2.24. The molecule has 2 N–H and O–H groups in total. The van der Waals surface area contributed by atoms with E-state index in [9.17, 15) is 4.79 Å². The van der Waals surface area contributed by atoms with Gasteiger partial charge in [-0.3, -0.25) is 4.79 Å². The topological polar surface area (TPSA) is 63.2 Å². The van der Waals surface area contributed by atoms with Gasteiger partial charge in [0.15, 0.2) is 0 Å². The van der Waals surface area contributed by atoms with Crippen molar-refractivity contribution in [3.8, 4) is 0 Å². The van der Waals surface area contributed by atoms with Gasteiger partial charge < -0.3 is 15.4 Å². The summed E-state index contributed by atoms with van der Waals surface area (Å²) in [5, 5.41) is 5.72. The number of aromatic nitrogens is 1. The van der Waals surface area contributed by atoms with Crippen LogP contribution in [0.2, 0.25) is 0 Å². The molecular weight excluding hydrogens is 218 g/mol. The Labute approximate surface area is 102 Å². The quantitative estimate of drug-likeness (QED) is 0.701. The Morgan fingerprint density at radius 2 is 2.35 bits per heavy atom. The molecule has 1 heterocycles. The second-order valence-electron chi connectivity index (χ2n) is 3.46. The number of anilines is 1. The molecule has 0 unspecified atom stereocenters. The van der Waals surface area contributed by atoms with Crippen LogP contribution in [0.5, 0.6) is 0 Å². The largest absolute Gasteiger partial charge is 0.382 e. The molecule has 5 nitrogen and oxygen atoms in total. The fourth-order valence-corrected chi connectivity index (χ4v) is 1.39. The lowest BCUT2D eigenvalue weighted by atomic mass is 10.2. The van der Waals surface area contributed by atoms with Gasteiger partial charge in [0.2, 0.25) is 0 Å². The summed E-state index contributed by atoms with van der Waals surface area (Å²) in [4.78, 5) is 15.7. The molecule has 94 valence electrons. The van der Waals surface area contributed by atoms with E-state index in [1.165, 1.54) is 0 Å². The van der Waals surface area contributed by atoms with Gasteiger partial charge in [-0.2, -0.15) is 0 Å². The van der Waals surface area contributed by atoms with Crippen LogP contribution in [0.4, 0.5) is 5.82 Å². The molecule has 0 spiro atoms. The van der Waals surface area contributed by atoms with Crippen LogP contribution in [-0.4, -0.2) is 37.7 Å². The van der Waals surface area contributed by atoms with Gasteiger partial charge in [-0.1, -0.05) is 0 Å². The van der Waals surface area contributed by atoms with Crippen molar-refractivity contribution in [3.05, 3.63) is 23.9 Å². The van der Waals surface area contributed by atoms with Crippen molar-refractivity contribution in [1.82, 2.24) is 10.3 Å². The van der Waals surface area contributed by atoms with Crippen molar-refractivity contribution in [2.24, 2.45) is 0 Å². The Balaban J connectivity index is 2.49. The first kappa shape index (κ1) is 13.4. The summed E-state index contributed by atoms with van der Waals surface area (Å²) in [5.41, 5.74) is 0.561. The average Bonchev–Trinajstić information content (AvgIpc) is 2.38. The number of ether oxygens (including phenoxy) is 1. The van der Waals surface area contributed by atoms with E-state index in [0.29, 0.717) is 18.0 Å². The zero-order valence-electron chi connectivity index (χ0n) is 10.3. The molecule has 5 heteroatoms. The minimum Gasteiger partial charge on any atom is -0.382 e. The fraction of sp³-hybridized carbons (Fsp3) is 0.500. The Morgan fingerprint density at radius 1 is 1.53 bits per heavy atom. The van der Waals surface area contributed by atoms with Gasteiger partial charge in [-0.15, -0.1) is 0 Å². The highest BCUT2D eigenvalue weighted by Gasteiger charge is 2.09. The smallest absolute Gasteiger partial charge is 0.254 e. The first-order chi connectivity index (χ1) is 8.29. The van der Waals surface area contributed by atoms with Crippen LogP contribution in [0.25, 0.3) is 0 Å². The van der Waals surface area contributed by atoms with E-state index < -0.39 is 0 Å². The predicted octanol–water partition coefficient (Wildman–Crippen LogP) is 1.28. The predicted molar refractivity (Wildman–Crippen MR) is 67.2 cm³/mol. The number of pyridine rings is 1.